The highest BCUT2D eigenvalue weighted by atomic mass is 35.5. The predicted octanol–water partition coefficient (Wildman–Crippen LogP) is 4.31. The zero-order valence-electron chi connectivity index (χ0n) is 11.3. The van der Waals surface area contributed by atoms with E-state index >= 15 is 0 Å². The topological polar surface area (TPSA) is 18.5 Å². The summed E-state index contributed by atoms with van der Waals surface area (Å²) in [7, 11) is 3.14. The third kappa shape index (κ3) is 1.10. The smallest absolute Gasteiger partial charge is 0.217 e. The van der Waals surface area contributed by atoms with Gasteiger partial charge in [-0.1, -0.05) is 23.2 Å². The van der Waals surface area contributed by atoms with Gasteiger partial charge in [-0.15, -0.1) is 23.2 Å². The molecule has 0 aliphatic heterocycles. The molecule has 4 aliphatic carbocycles. The molecule has 2 nitrogen and oxygen atoms in total. The zero-order chi connectivity index (χ0) is 14.5. The summed E-state index contributed by atoms with van der Waals surface area (Å²) in [6.07, 6.45) is 3.52. The molecule has 112 valence electrons. The molecule has 0 unspecified atom stereocenters. The van der Waals surface area contributed by atoms with Crippen molar-refractivity contribution in [1.29, 1.82) is 0 Å². The Morgan fingerprint density at radius 2 is 1.30 bits per heavy atom. The lowest BCUT2D eigenvalue weighted by atomic mass is 9.73. The highest BCUT2D eigenvalue weighted by Crippen LogP contribution is 2.80. The molecule has 0 amide bonds. The van der Waals surface area contributed by atoms with Gasteiger partial charge in [-0.25, -0.2) is 0 Å². The summed E-state index contributed by atoms with van der Waals surface area (Å²) in [5.74, 6) is 0.233. The number of halogens is 4. The Morgan fingerprint density at radius 3 is 1.65 bits per heavy atom. The first-order chi connectivity index (χ1) is 9.40. The van der Waals surface area contributed by atoms with Crippen LogP contribution in [0, 0.1) is 23.7 Å². The first-order valence-corrected chi connectivity index (χ1v) is 8.45. The van der Waals surface area contributed by atoms with Gasteiger partial charge in [0.2, 0.25) is 5.79 Å². The molecule has 0 saturated heterocycles. The van der Waals surface area contributed by atoms with Crippen LogP contribution in [0.15, 0.2) is 10.1 Å². The number of alkyl halides is 2. The number of fused-ring (bicyclic) bond motifs is 9. The Kier molecular flexibility index (Phi) is 2.89. The van der Waals surface area contributed by atoms with E-state index in [9.17, 15) is 0 Å². The Balaban J connectivity index is 2.01. The number of ether oxygens (including phenoxy) is 2. The van der Waals surface area contributed by atoms with Crippen LogP contribution in [0.3, 0.4) is 0 Å². The van der Waals surface area contributed by atoms with Crippen LogP contribution < -0.4 is 0 Å². The van der Waals surface area contributed by atoms with Gasteiger partial charge in [-0.05, 0) is 42.9 Å². The highest BCUT2D eigenvalue weighted by Gasteiger charge is 2.87. The molecule has 4 bridgehead atoms. The lowest BCUT2D eigenvalue weighted by molar-refractivity contribution is -0.222. The Hall–Kier alpha value is 0.820. The van der Waals surface area contributed by atoms with Crippen molar-refractivity contribution in [3.8, 4) is 0 Å². The molecule has 0 aromatic heterocycles. The molecule has 20 heavy (non-hydrogen) atoms. The number of rotatable bonds is 2. The van der Waals surface area contributed by atoms with Gasteiger partial charge < -0.3 is 9.47 Å². The SMILES string of the molecule is COC1(OC)[C@@]2(Cl)C(Cl)=C(Cl)[C@]1(Cl)[C@@H]1[C@H]3CC[C@H](C3)[C@@H]12. The highest BCUT2D eigenvalue weighted by molar-refractivity contribution is 6.52. The van der Waals surface area contributed by atoms with Gasteiger partial charge in [0.25, 0.3) is 0 Å². The molecule has 0 spiro atoms. The zero-order valence-corrected chi connectivity index (χ0v) is 14.3. The lowest BCUT2D eigenvalue weighted by Crippen LogP contribution is -2.58. The fourth-order valence-electron chi connectivity index (χ4n) is 5.72. The second-order valence-corrected chi connectivity index (χ2v) is 8.41. The van der Waals surface area contributed by atoms with E-state index in [1.165, 1.54) is 12.8 Å². The molecule has 4 rings (SSSR count). The summed E-state index contributed by atoms with van der Waals surface area (Å²) in [5, 5.41) is 0.821. The van der Waals surface area contributed by atoms with Gasteiger partial charge >= 0.3 is 0 Å². The van der Waals surface area contributed by atoms with Crippen LogP contribution in [0.5, 0.6) is 0 Å². The number of hydrogen-bond donors (Lipinski definition) is 0. The van der Waals surface area contributed by atoms with Crippen molar-refractivity contribution in [2.24, 2.45) is 23.7 Å². The fraction of sp³-hybridized carbons (Fsp3) is 0.857. The van der Waals surface area contributed by atoms with Crippen molar-refractivity contribution in [2.45, 2.75) is 34.8 Å². The standard InChI is InChI=1S/C14H16Cl4O2/c1-19-14(20-2)12(17)8-6-3-4-7(5-6)9(8)13(14,18)11(16)10(12)15/h6-9H,3-5H2,1-2H3/t6-,7+,8+,9-,12+,13-. The van der Waals surface area contributed by atoms with Gasteiger partial charge in [0.1, 0.15) is 9.75 Å². The van der Waals surface area contributed by atoms with Crippen molar-refractivity contribution in [1.82, 2.24) is 0 Å². The number of hydrogen-bond acceptors (Lipinski definition) is 2. The van der Waals surface area contributed by atoms with Gasteiger partial charge in [-0.2, -0.15) is 0 Å². The largest absolute Gasteiger partial charge is 0.350 e. The Morgan fingerprint density at radius 1 is 0.900 bits per heavy atom. The van der Waals surface area contributed by atoms with Crippen LogP contribution in [-0.4, -0.2) is 29.8 Å². The van der Waals surface area contributed by atoms with E-state index in [1.54, 1.807) is 14.2 Å². The van der Waals surface area contributed by atoms with E-state index in [1.807, 2.05) is 0 Å². The second kappa shape index (κ2) is 4.01. The van der Waals surface area contributed by atoms with Gasteiger partial charge in [0.15, 0.2) is 0 Å². The van der Waals surface area contributed by atoms with E-state index in [-0.39, 0.29) is 11.8 Å². The van der Waals surface area contributed by atoms with Crippen molar-refractivity contribution >= 4 is 46.4 Å². The van der Waals surface area contributed by atoms with Crippen molar-refractivity contribution in [3.63, 3.8) is 0 Å². The second-order valence-electron chi connectivity index (χ2n) is 6.46. The first kappa shape index (κ1) is 14.4. The molecule has 0 N–H and O–H groups in total. The third-order valence-electron chi connectivity index (χ3n) is 6.20. The fourth-order valence-corrected chi connectivity index (χ4v) is 8.09. The molecular weight excluding hydrogens is 342 g/mol. The monoisotopic (exact) mass is 356 g/mol. The molecule has 0 heterocycles. The van der Waals surface area contributed by atoms with E-state index in [4.69, 9.17) is 55.9 Å². The maximum Gasteiger partial charge on any atom is 0.217 e. The van der Waals surface area contributed by atoms with Gasteiger partial charge in [0.05, 0.1) is 10.1 Å². The molecular formula is C14H16Cl4O2. The van der Waals surface area contributed by atoms with Gasteiger partial charge in [-0.3, -0.25) is 0 Å². The molecule has 0 aromatic carbocycles. The quantitative estimate of drug-likeness (QED) is 0.416. The van der Waals surface area contributed by atoms with E-state index < -0.39 is 15.5 Å². The minimum absolute atomic E-state index is 0.176. The molecule has 4 aliphatic rings. The maximum absolute atomic E-state index is 7.04. The Bertz CT molecular complexity index is 477. The summed E-state index contributed by atoms with van der Waals surface area (Å²) in [5.41, 5.74) is 0. The third-order valence-corrected chi connectivity index (χ3v) is 8.84. The van der Waals surface area contributed by atoms with Crippen molar-refractivity contribution < 1.29 is 9.47 Å². The van der Waals surface area contributed by atoms with Crippen LogP contribution in [0.25, 0.3) is 0 Å². The average Bonchev–Trinajstić information content (AvgIpc) is 3.12. The molecule has 0 aromatic rings. The van der Waals surface area contributed by atoms with Crippen molar-refractivity contribution in [3.05, 3.63) is 10.1 Å². The van der Waals surface area contributed by atoms with Crippen molar-refractivity contribution in [2.75, 3.05) is 14.2 Å². The number of methoxy groups -OCH3 is 2. The molecule has 6 atom stereocenters. The van der Waals surface area contributed by atoms with Crippen LogP contribution >= 0.6 is 46.4 Å². The molecule has 3 fully saturated rings. The minimum atomic E-state index is -1.19. The molecule has 3 saturated carbocycles. The van der Waals surface area contributed by atoms with Gasteiger partial charge in [0, 0.05) is 14.2 Å². The molecule has 6 heteroatoms. The first-order valence-electron chi connectivity index (χ1n) is 6.94. The summed E-state index contributed by atoms with van der Waals surface area (Å²) < 4.78 is 11.5. The van der Waals surface area contributed by atoms with E-state index in [0.717, 1.165) is 6.42 Å². The van der Waals surface area contributed by atoms with E-state index in [0.29, 0.717) is 21.9 Å². The summed E-state index contributed by atoms with van der Waals surface area (Å²) in [6, 6.07) is 0. The summed E-state index contributed by atoms with van der Waals surface area (Å²) in [4.78, 5) is -1.94. The predicted molar refractivity (Wildman–Crippen MR) is 80.5 cm³/mol. The van der Waals surface area contributed by atoms with Crippen LogP contribution in [0.1, 0.15) is 19.3 Å². The molecule has 0 radical (unpaired) electrons. The average molecular weight is 358 g/mol. The van der Waals surface area contributed by atoms with Crippen LogP contribution in [-0.2, 0) is 9.47 Å². The van der Waals surface area contributed by atoms with E-state index in [2.05, 4.69) is 0 Å². The lowest BCUT2D eigenvalue weighted by Gasteiger charge is -2.42. The maximum atomic E-state index is 7.04. The van der Waals surface area contributed by atoms with Crippen LogP contribution in [0.4, 0.5) is 0 Å². The summed E-state index contributed by atoms with van der Waals surface area (Å²) in [6.45, 7) is 0. The Labute approximate surface area is 138 Å². The van der Waals surface area contributed by atoms with Crippen LogP contribution in [0.2, 0.25) is 0 Å². The minimum Gasteiger partial charge on any atom is -0.350 e. The summed E-state index contributed by atoms with van der Waals surface area (Å²) >= 11 is 27.1. The normalized spacial score (nSPS) is 54.9.